The molecule has 3 aliphatic rings. The SMILES string of the molecule is CC1CCc2ccccc2N1C(=O)C1CC12CCNCC2. The summed E-state index contributed by atoms with van der Waals surface area (Å²) in [5.41, 5.74) is 2.83. The fourth-order valence-corrected chi connectivity index (χ4v) is 4.37. The third-order valence-electron chi connectivity index (χ3n) is 5.85. The number of rotatable bonds is 1. The number of anilines is 1. The molecule has 1 N–H and O–H groups in total. The van der Waals surface area contributed by atoms with Crippen molar-refractivity contribution in [1.82, 2.24) is 5.32 Å². The highest BCUT2D eigenvalue weighted by Gasteiger charge is 2.59. The minimum Gasteiger partial charge on any atom is -0.317 e. The summed E-state index contributed by atoms with van der Waals surface area (Å²) in [5.74, 6) is 0.657. The largest absolute Gasteiger partial charge is 0.317 e. The predicted octanol–water partition coefficient (Wildman–Crippen LogP) is 2.74. The molecule has 1 spiro atoms. The molecular weight excluding hydrogens is 260 g/mol. The van der Waals surface area contributed by atoms with E-state index in [4.69, 9.17) is 0 Å². The molecule has 2 unspecified atom stereocenters. The normalized spacial score (nSPS) is 30.0. The van der Waals surface area contributed by atoms with E-state index >= 15 is 0 Å². The first kappa shape index (κ1) is 13.3. The van der Waals surface area contributed by atoms with Gasteiger partial charge in [-0.25, -0.2) is 0 Å². The Morgan fingerprint density at radius 2 is 2.05 bits per heavy atom. The van der Waals surface area contributed by atoms with E-state index in [0.29, 0.717) is 17.4 Å². The Morgan fingerprint density at radius 3 is 2.86 bits per heavy atom. The van der Waals surface area contributed by atoms with Gasteiger partial charge in [-0.2, -0.15) is 0 Å². The van der Waals surface area contributed by atoms with Gasteiger partial charge in [0.2, 0.25) is 5.91 Å². The first-order valence-electron chi connectivity index (χ1n) is 8.33. The van der Waals surface area contributed by atoms with Gasteiger partial charge in [0.1, 0.15) is 0 Å². The molecule has 0 aromatic heterocycles. The minimum atomic E-state index is 0.271. The molecule has 21 heavy (non-hydrogen) atoms. The molecule has 1 saturated carbocycles. The number of nitrogens with one attached hydrogen (secondary N) is 1. The molecule has 0 radical (unpaired) electrons. The fraction of sp³-hybridized carbons (Fsp3) is 0.611. The van der Waals surface area contributed by atoms with Crippen molar-refractivity contribution in [2.75, 3.05) is 18.0 Å². The molecule has 1 amide bonds. The molecule has 2 aliphatic heterocycles. The Hall–Kier alpha value is -1.35. The summed E-state index contributed by atoms with van der Waals surface area (Å²) in [4.78, 5) is 15.2. The zero-order chi connectivity index (χ0) is 14.4. The van der Waals surface area contributed by atoms with Crippen LogP contribution < -0.4 is 10.2 Å². The van der Waals surface area contributed by atoms with Gasteiger partial charge in [0.05, 0.1) is 0 Å². The van der Waals surface area contributed by atoms with E-state index in [-0.39, 0.29) is 5.92 Å². The van der Waals surface area contributed by atoms with Crippen LogP contribution in [0.3, 0.4) is 0 Å². The second-order valence-corrected chi connectivity index (χ2v) is 7.09. The average molecular weight is 284 g/mol. The van der Waals surface area contributed by atoms with Crippen LogP contribution in [0.15, 0.2) is 24.3 Å². The van der Waals surface area contributed by atoms with Crippen molar-refractivity contribution in [2.45, 2.75) is 45.1 Å². The monoisotopic (exact) mass is 284 g/mol. The zero-order valence-electron chi connectivity index (χ0n) is 12.8. The summed E-state index contributed by atoms with van der Waals surface area (Å²) in [6.45, 7) is 4.36. The van der Waals surface area contributed by atoms with Crippen molar-refractivity contribution in [2.24, 2.45) is 11.3 Å². The standard InChI is InChI=1S/C18H24N2O/c1-13-6-7-14-4-2-3-5-16(14)20(13)17(21)15-12-18(15)8-10-19-11-9-18/h2-5,13,15,19H,6-12H2,1H3. The van der Waals surface area contributed by atoms with Crippen molar-refractivity contribution in [3.8, 4) is 0 Å². The first-order chi connectivity index (χ1) is 10.2. The van der Waals surface area contributed by atoms with Gasteiger partial charge in [-0.15, -0.1) is 0 Å². The number of fused-ring (bicyclic) bond motifs is 1. The molecule has 1 aliphatic carbocycles. The second kappa shape index (κ2) is 4.84. The maximum absolute atomic E-state index is 13.1. The molecule has 3 nitrogen and oxygen atoms in total. The number of piperidine rings is 1. The number of para-hydroxylation sites is 1. The summed E-state index contributed by atoms with van der Waals surface area (Å²) >= 11 is 0. The number of hydrogen-bond donors (Lipinski definition) is 1. The van der Waals surface area contributed by atoms with Crippen LogP contribution in [0.2, 0.25) is 0 Å². The van der Waals surface area contributed by atoms with Gasteiger partial charge < -0.3 is 10.2 Å². The lowest BCUT2D eigenvalue weighted by atomic mass is 9.90. The Balaban J connectivity index is 1.60. The van der Waals surface area contributed by atoms with E-state index in [0.717, 1.165) is 38.0 Å². The number of nitrogens with zero attached hydrogens (tertiary/aromatic N) is 1. The van der Waals surface area contributed by atoms with E-state index in [1.807, 2.05) is 0 Å². The lowest BCUT2D eigenvalue weighted by molar-refractivity contribution is -0.121. The van der Waals surface area contributed by atoms with Gasteiger partial charge in [0.25, 0.3) is 0 Å². The zero-order valence-corrected chi connectivity index (χ0v) is 12.8. The van der Waals surface area contributed by atoms with Crippen LogP contribution in [0, 0.1) is 11.3 Å². The van der Waals surface area contributed by atoms with Crippen LogP contribution in [0.4, 0.5) is 5.69 Å². The number of aryl methyl sites for hydroxylation is 1. The summed E-state index contributed by atoms with van der Waals surface area (Å²) in [6.07, 6.45) is 5.64. The van der Waals surface area contributed by atoms with Crippen molar-refractivity contribution in [3.05, 3.63) is 29.8 Å². The first-order valence-corrected chi connectivity index (χ1v) is 8.33. The highest BCUT2D eigenvalue weighted by atomic mass is 16.2. The molecule has 1 aromatic rings. The molecule has 4 rings (SSSR count). The lowest BCUT2D eigenvalue weighted by Crippen LogP contribution is -2.44. The van der Waals surface area contributed by atoms with E-state index < -0.39 is 0 Å². The molecule has 1 saturated heterocycles. The van der Waals surface area contributed by atoms with Gasteiger partial charge >= 0.3 is 0 Å². The summed E-state index contributed by atoms with van der Waals surface area (Å²) < 4.78 is 0. The minimum absolute atomic E-state index is 0.271. The van der Waals surface area contributed by atoms with Gasteiger partial charge in [0, 0.05) is 17.6 Å². The van der Waals surface area contributed by atoms with Crippen LogP contribution in [-0.4, -0.2) is 25.0 Å². The Labute approximate surface area is 126 Å². The van der Waals surface area contributed by atoms with Crippen LogP contribution in [0.5, 0.6) is 0 Å². The number of carbonyl (C=O) groups excluding carboxylic acids is 1. The van der Waals surface area contributed by atoms with Crippen LogP contribution in [0.1, 0.15) is 38.2 Å². The Kier molecular flexibility index (Phi) is 3.07. The molecule has 1 aromatic carbocycles. The molecule has 112 valence electrons. The van der Waals surface area contributed by atoms with Gasteiger partial charge in [-0.1, -0.05) is 18.2 Å². The maximum Gasteiger partial charge on any atom is 0.230 e. The maximum atomic E-state index is 13.1. The third kappa shape index (κ3) is 2.10. The van der Waals surface area contributed by atoms with Crippen LogP contribution >= 0.6 is 0 Å². The van der Waals surface area contributed by atoms with E-state index in [1.165, 1.54) is 18.4 Å². The number of amides is 1. The van der Waals surface area contributed by atoms with Crippen LogP contribution in [0.25, 0.3) is 0 Å². The molecule has 0 bridgehead atoms. The Bertz CT molecular complexity index is 562. The van der Waals surface area contributed by atoms with E-state index in [9.17, 15) is 4.79 Å². The highest BCUT2D eigenvalue weighted by molar-refractivity contribution is 5.99. The second-order valence-electron chi connectivity index (χ2n) is 7.09. The van der Waals surface area contributed by atoms with Gasteiger partial charge in [0.15, 0.2) is 0 Å². The van der Waals surface area contributed by atoms with E-state index in [2.05, 4.69) is 41.4 Å². The Morgan fingerprint density at radius 1 is 1.29 bits per heavy atom. The van der Waals surface area contributed by atoms with Crippen molar-refractivity contribution >= 4 is 11.6 Å². The molecule has 2 fully saturated rings. The van der Waals surface area contributed by atoms with Crippen molar-refractivity contribution < 1.29 is 4.79 Å². The number of hydrogen-bond acceptors (Lipinski definition) is 2. The number of carbonyl (C=O) groups is 1. The fourth-order valence-electron chi connectivity index (χ4n) is 4.37. The average Bonchev–Trinajstić information content (AvgIpc) is 3.20. The smallest absolute Gasteiger partial charge is 0.230 e. The van der Waals surface area contributed by atoms with Gasteiger partial charge in [-0.3, -0.25) is 4.79 Å². The molecule has 2 heterocycles. The quantitative estimate of drug-likeness (QED) is 0.860. The number of benzene rings is 1. The molecular formula is C18H24N2O. The summed E-state index contributed by atoms with van der Waals surface area (Å²) in [5, 5.41) is 3.42. The van der Waals surface area contributed by atoms with Crippen LogP contribution in [-0.2, 0) is 11.2 Å². The highest BCUT2D eigenvalue weighted by Crippen LogP contribution is 2.59. The molecule has 2 atom stereocenters. The van der Waals surface area contributed by atoms with E-state index in [1.54, 1.807) is 0 Å². The third-order valence-corrected chi connectivity index (χ3v) is 5.85. The summed E-state index contributed by atoms with van der Waals surface area (Å²) in [7, 11) is 0. The summed E-state index contributed by atoms with van der Waals surface area (Å²) in [6, 6.07) is 8.79. The topological polar surface area (TPSA) is 32.3 Å². The predicted molar refractivity (Wildman–Crippen MR) is 84.4 cm³/mol. The van der Waals surface area contributed by atoms with Crippen molar-refractivity contribution in [3.63, 3.8) is 0 Å². The van der Waals surface area contributed by atoms with Crippen molar-refractivity contribution in [1.29, 1.82) is 0 Å². The molecule has 3 heteroatoms. The van der Waals surface area contributed by atoms with Gasteiger partial charge in [-0.05, 0) is 69.2 Å². The lowest BCUT2D eigenvalue weighted by Gasteiger charge is -2.36.